The molecule has 176 valence electrons. The monoisotopic (exact) mass is 486 g/mol. The predicted octanol–water partition coefficient (Wildman–Crippen LogP) is 4.09. The van der Waals surface area contributed by atoms with Gasteiger partial charge >= 0.3 is 0 Å². The summed E-state index contributed by atoms with van der Waals surface area (Å²) in [6.07, 6.45) is 10.3. The average molecular weight is 487 g/mol. The summed E-state index contributed by atoms with van der Waals surface area (Å²) in [4.78, 5) is 35.5. The van der Waals surface area contributed by atoms with Crippen molar-refractivity contribution in [3.05, 3.63) is 45.2 Å². The van der Waals surface area contributed by atoms with Crippen LogP contribution in [0.5, 0.6) is 0 Å². The van der Waals surface area contributed by atoms with Crippen LogP contribution in [0.4, 0.5) is 5.82 Å². The van der Waals surface area contributed by atoms with Crippen molar-refractivity contribution >= 4 is 51.7 Å². The van der Waals surface area contributed by atoms with Crippen LogP contribution in [0.15, 0.2) is 34.1 Å². The zero-order valence-corrected chi connectivity index (χ0v) is 20.6. The van der Waals surface area contributed by atoms with Gasteiger partial charge in [-0.2, -0.15) is 0 Å². The van der Waals surface area contributed by atoms with E-state index in [1.807, 2.05) is 12.1 Å². The molecule has 2 aliphatic heterocycles. The first-order chi connectivity index (χ1) is 16.1. The lowest BCUT2D eigenvalue weighted by molar-refractivity contribution is -0.122. The molecule has 33 heavy (non-hydrogen) atoms. The molecule has 1 amide bonds. The summed E-state index contributed by atoms with van der Waals surface area (Å²) in [6.45, 7) is 5.28. The number of hydrogen-bond acceptors (Lipinski definition) is 7. The zero-order valence-electron chi connectivity index (χ0n) is 19.0. The van der Waals surface area contributed by atoms with E-state index in [2.05, 4.69) is 11.8 Å². The first kappa shape index (κ1) is 23.9. The third-order valence-electron chi connectivity index (χ3n) is 5.94. The van der Waals surface area contributed by atoms with Crippen LogP contribution in [0, 0.1) is 0 Å². The van der Waals surface area contributed by atoms with E-state index in [-0.39, 0.29) is 11.5 Å². The number of pyridine rings is 1. The maximum Gasteiger partial charge on any atom is 0.267 e. The number of morpholine rings is 1. The van der Waals surface area contributed by atoms with E-state index in [1.54, 1.807) is 23.2 Å². The van der Waals surface area contributed by atoms with Crippen LogP contribution in [0.3, 0.4) is 0 Å². The van der Waals surface area contributed by atoms with Gasteiger partial charge in [-0.15, -0.1) is 0 Å². The molecule has 2 aliphatic rings. The minimum Gasteiger partial charge on any atom is -0.378 e. The molecule has 4 heterocycles. The number of aromatic nitrogens is 2. The van der Waals surface area contributed by atoms with Crippen molar-refractivity contribution in [3.8, 4) is 0 Å². The molecule has 2 aromatic heterocycles. The summed E-state index contributed by atoms with van der Waals surface area (Å²) >= 11 is 6.77. The molecule has 0 N–H and O–H groups in total. The Bertz CT molecular complexity index is 1110. The van der Waals surface area contributed by atoms with Gasteiger partial charge < -0.3 is 9.64 Å². The maximum absolute atomic E-state index is 13.4. The molecular formula is C24H30N4O3S2. The SMILES string of the molecule is CCCCCCCCN1C(=O)/C(=C\c2c(N3CCOCC3)nc3ccccn3c2=O)SC1=S. The van der Waals surface area contributed by atoms with Gasteiger partial charge in [-0.3, -0.25) is 18.9 Å². The number of anilines is 1. The Kier molecular flexibility index (Phi) is 8.16. The van der Waals surface area contributed by atoms with Gasteiger partial charge in [0, 0.05) is 25.8 Å². The molecule has 0 atom stereocenters. The van der Waals surface area contributed by atoms with Crippen molar-refractivity contribution < 1.29 is 9.53 Å². The van der Waals surface area contributed by atoms with Crippen LogP contribution < -0.4 is 10.5 Å². The highest BCUT2D eigenvalue weighted by Gasteiger charge is 2.32. The van der Waals surface area contributed by atoms with Crippen LogP contribution in [0.25, 0.3) is 11.7 Å². The molecule has 2 saturated heterocycles. The van der Waals surface area contributed by atoms with Crippen LogP contribution in [0.2, 0.25) is 0 Å². The van der Waals surface area contributed by atoms with Crippen molar-refractivity contribution in [1.29, 1.82) is 0 Å². The lowest BCUT2D eigenvalue weighted by Gasteiger charge is -2.29. The first-order valence-corrected chi connectivity index (χ1v) is 12.9. The smallest absolute Gasteiger partial charge is 0.267 e. The highest BCUT2D eigenvalue weighted by molar-refractivity contribution is 8.26. The van der Waals surface area contributed by atoms with Gasteiger partial charge in [0.2, 0.25) is 0 Å². The third-order valence-corrected chi connectivity index (χ3v) is 7.32. The normalized spacial score (nSPS) is 18.2. The van der Waals surface area contributed by atoms with Crippen molar-refractivity contribution in [2.75, 3.05) is 37.7 Å². The van der Waals surface area contributed by atoms with E-state index in [9.17, 15) is 9.59 Å². The number of unbranched alkanes of at least 4 members (excludes halogenated alkanes) is 5. The van der Waals surface area contributed by atoms with E-state index in [1.165, 1.54) is 41.8 Å². The van der Waals surface area contributed by atoms with Gasteiger partial charge in [0.05, 0.1) is 23.7 Å². The van der Waals surface area contributed by atoms with Crippen LogP contribution >= 0.6 is 24.0 Å². The molecule has 9 heteroatoms. The number of ether oxygens (including phenoxy) is 1. The Morgan fingerprint density at radius 1 is 1.12 bits per heavy atom. The Morgan fingerprint density at radius 2 is 1.88 bits per heavy atom. The van der Waals surface area contributed by atoms with Gasteiger partial charge in [0.1, 0.15) is 15.8 Å². The molecule has 0 spiro atoms. The summed E-state index contributed by atoms with van der Waals surface area (Å²) in [6, 6.07) is 5.47. The third kappa shape index (κ3) is 5.47. The minimum atomic E-state index is -0.191. The number of carbonyl (C=O) groups is 1. The lowest BCUT2D eigenvalue weighted by atomic mass is 10.1. The van der Waals surface area contributed by atoms with Gasteiger partial charge in [0.25, 0.3) is 11.5 Å². The number of fused-ring (bicyclic) bond motifs is 1. The molecule has 2 aromatic rings. The average Bonchev–Trinajstić information content (AvgIpc) is 3.10. The topological polar surface area (TPSA) is 67.2 Å². The summed E-state index contributed by atoms with van der Waals surface area (Å²) in [5, 5.41) is 0. The number of amides is 1. The van der Waals surface area contributed by atoms with Crippen molar-refractivity contribution in [1.82, 2.24) is 14.3 Å². The largest absolute Gasteiger partial charge is 0.378 e. The standard InChI is InChI=1S/C24H30N4O3S2/c1-2-3-4-5-6-8-12-28-23(30)19(33-24(28)32)17-18-21(26-13-15-31-16-14-26)25-20-10-7-9-11-27(20)22(18)29/h7,9-11,17H,2-6,8,12-16H2,1H3/b19-17+. The van der Waals surface area contributed by atoms with Gasteiger partial charge in [0.15, 0.2) is 0 Å². The molecule has 7 nitrogen and oxygen atoms in total. The summed E-state index contributed by atoms with van der Waals surface area (Å²) in [5.74, 6) is 0.472. The quantitative estimate of drug-likeness (QED) is 0.300. The highest BCUT2D eigenvalue weighted by Crippen LogP contribution is 2.34. The van der Waals surface area contributed by atoms with E-state index >= 15 is 0 Å². The van der Waals surface area contributed by atoms with E-state index in [0.717, 1.165) is 12.8 Å². The van der Waals surface area contributed by atoms with Crippen LogP contribution in [-0.4, -0.2) is 57.4 Å². The second-order valence-corrected chi connectivity index (χ2v) is 9.96. The molecule has 0 bridgehead atoms. The van der Waals surface area contributed by atoms with E-state index < -0.39 is 0 Å². The fourth-order valence-electron chi connectivity index (χ4n) is 4.11. The van der Waals surface area contributed by atoms with E-state index in [0.29, 0.717) is 59.1 Å². The Morgan fingerprint density at radius 3 is 2.67 bits per heavy atom. The second-order valence-electron chi connectivity index (χ2n) is 8.28. The predicted molar refractivity (Wildman–Crippen MR) is 138 cm³/mol. The molecule has 0 unspecified atom stereocenters. The first-order valence-electron chi connectivity index (χ1n) is 11.7. The van der Waals surface area contributed by atoms with Gasteiger partial charge in [-0.25, -0.2) is 4.98 Å². The minimum absolute atomic E-state index is 0.121. The zero-order chi connectivity index (χ0) is 23.2. The maximum atomic E-state index is 13.4. The molecular weight excluding hydrogens is 456 g/mol. The van der Waals surface area contributed by atoms with Crippen molar-refractivity contribution in [2.24, 2.45) is 0 Å². The fourth-order valence-corrected chi connectivity index (χ4v) is 5.40. The summed E-state index contributed by atoms with van der Waals surface area (Å²) in [5.41, 5.74) is 0.806. The summed E-state index contributed by atoms with van der Waals surface area (Å²) in [7, 11) is 0. The number of thiocarbonyl (C=S) groups is 1. The number of nitrogens with zero attached hydrogens (tertiary/aromatic N) is 4. The Hall–Kier alpha value is -2.23. The number of thioether (sulfide) groups is 1. The Balaban J connectivity index is 1.60. The molecule has 0 radical (unpaired) electrons. The van der Waals surface area contributed by atoms with Crippen LogP contribution in [0.1, 0.15) is 51.0 Å². The summed E-state index contributed by atoms with van der Waals surface area (Å²) < 4.78 is 7.55. The number of rotatable bonds is 9. The fraction of sp³-hybridized carbons (Fsp3) is 0.500. The molecule has 0 saturated carbocycles. The molecule has 2 fully saturated rings. The van der Waals surface area contributed by atoms with E-state index in [4.69, 9.17) is 21.9 Å². The lowest BCUT2D eigenvalue weighted by Crippen LogP contribution is -2.38. The number of hydrogen-bond donors (Lipinski definition) is 0. The van der Waals surface area contributed by atoms with Gasteiger partial charge in [-0.1, -0.05) is 69.1 Å². The molecule has 4 rings (SSSR count). The van der Waals surface area contributed by atoms with Crippen molar-refractivity contribution in [3.63, 3.8) is 0 Å². The van der Waals surface area contributed by atoms with Crippen LogP contribution in [-0.2, 0) is 9.53 Å². The molecule has 0 aliphatic carbocycles. The van der Waals surface area contributed by atoms with Gasteiger partial charge in [-0.05, 0) is 24.6 Å². The Labute approximate surface area is 203 Å². The second kappa shape index (κ2) is 11.3. The molecule has 0 aromatic carbocycles. The highest BCUT2D eigenvalue weighted by atomic mass is 32.2. The van der Waals surface area contributed by atoms with Crippen molar-refractivity contribution in [2.45, 2.75) is 45.4 Å². The number of carbonyl (C=O) groups excluding carboxylic acids is 1.